The maximum atomic E-state index is 11.7. The predicted molar refractivity (Wildman–Crippen MR) is 89.3 cm³/mol. The summed E-state index contributed by atoms with van der Waals surface area (Å²) in [6.45, 7) is 0. The van der Waals surface area contributed by atoms with Crippen LogP contribution in [0, 0.1) is 0 Å². The zero-order valence-corrected chi connectivity index (χ0v) is 12.6. The van der Waals surface area contributed by atoms with Gasteiger partial charge in [0.05, 0.1) is 0 Å². The number of rotatable bonds is 3. The fraction of sp³-hybridized carbons (Fsp3) is 0.316. The van der Waals surface area contributed by atoms with Crippen molar-refractivity contribution in [1.82, 2.24) is 0 Å². The van der Waals surface area contributed by atoms with E-state index in [0.29, 0.717) is 0 Å². The minimum absolute atomic E-state index is 0.119. The lowest BCUT2D eigenvalue weighted by Gasteiger charge is -2.32. The van der Waals surface area contributed by atoms with Crippen molar-refractivity contribution in [3.63, 3.8) is 0 Å². The van der Waals surface area contributed by atoms with Crippen LogP contribution in [0.3, 0.4) is 0 Å². The molecule has 0 heterocycles. The number of hydrogen-bond donors (Lipinski definition) is 1. The van der Waals surface area contributed by atoms with Crippen LogP contribution in [0.15, 0.2) is 54.6 Å². The highest BCUT2D eigenvalue weighted by molar-refractivity contribution is 5.87. The number of carbonyl (C=O) groups is 1. The van der Waals surface area contributed by atoms with Gasteiger partial charge in [0.2, 0.25) is 0 Å². The van der Waals surface area contributed by atoms with Gasteiger partial charge in [-0.2, -0.15) is 0 Å². The second-order valence-electron chi connectivity index (χ2n) is 5.86. The van der Waals surface area contributed by atoms with Crippen LogP contribution in [0.4, 0.5) is 10.5 Å². The van der Waals surface area contributed by atoms with Gasteiger partial charge in [0, 0.05) is 11.7 Å². The molecule has 1 saturated carbocycles. The standard InChI is InChI=1S/C19H21NO2/c21-19(22)20(17-9-5-2-6-10-17)18-13-11-16(12-14-18)15-7-3-1-4-8-15/h1,3-4,7-8,11-14,17H,2,5-6,9-10H2,(H,21,22). The minimum Gasteiger partial charge on any atom is -0.465 e. The normalized spacial score (nSPS) is 15.5. The molecule has 2 aromatic carbocycles. The Hall–Kier alpha value is -2.29. The fourth-order valence-corrected chi connectivity index (χ4v) is 3.26. The zero-order valence-electron chi connectivity index (χ0n) is 12.6. The number of benzene rings is 2. The molecule has 1 aliphatic carbocycles. The third-order valence-electron chi connectivity index (χ3n) is 4.40. The molecule has 0 aromatic heterocycles. The second kappa shape index (κ2) is 6.65. The molecule has 22 heavy (non-hydrogen) atoms. The van der Waals surface area contributed by atoms with Crippen LogP contribution in [-0.4, -0.2) is 17.2 Å². The molecule has 0 aliphatic heterocycles. The number of hydrogen-bond acceptors (Lipinski definition) is 1. The number of carboxylic acid groups (broad SMARTS) is 1. The van der Waals surface area contributed by atoms with Crippen molar-refractivity contribution in [3.05, 3.63) is 54.6 Å². The van der Waals surface area contributed by atoms with Crippen molar-refractivity contribution in [2.45, 2.75) is 38.1 Å². The van der Waals surface area contributed by atoms with E-state index in [0.717, 1.165) is 42.5 Å². The summed E-state index contributed by atoms with van der Waals surface area (Å²) >= 11 is 0. The summed E-state index contributed by atoms with van der Waals surface area (Å²) in [6, 6.07) is 18.1. The molecule has 3 rings (SSSR count). The van der Waals surface area contributed by atoms with Crippen LogP contribution in [0.5, 0.6) is 0 Å². The number of nitrogens with zero attached hydrogens (tertiary/aromatic N) is 1. The molecular weight excluding hydrogens is 274 g/mol. The predicted octanol–water partition coefficient (Wildman–Crippen LogP) is 5.17. The fourth-order valence-electron chi connectivity index (χ4n) is 3.26. The molecule has 0 bridgehead atoms. The zero-order chi connectivity index (χ0) is 15.4. The minimum atomic E-state index is -0.848. The Morgan fingerprint density at radius 1 is 0.864 bits per heavy atom. The van der Waals surface area contributed by atoms with Crippen LogP contribution in [-0.2, 0) is 0 Å². The van der Waals surface area contributed by atoms with Crippen molar-refractivity contribution < 1.29 is 9.90 Å². The first-order chi connectivity index (χ1) is 10.8. The molecule has 0 saturated heterocycles. The molecule has 3 heteroatoms. The van der Waals surface area contributed by atoms with E-state index in [1.165, 1.54) is 6.42 Å². The summed E-state index contributed by atoms with van der Waals surface area (Å²) in [5, 5.41) is 9.59. The highest BCUT2D eigenvalue weighted by Gasteiger charge is 2.26. The third-order valence-corrected chi connectivity index (χ3v) is 4.40. The lowest BCUT2D eigenvalue weighted by atomic mass is 9.94. The van der Waals surface area contributed by atoms with E-state index < -0.39 is 6.09 Å². The van der Waals surface area contributed by atoms with Crippen LogP contribution in [0.2, 0.25) is 0 Å². The quantitative estimate of drug-likeness (QED) is 0.848. The van der Waals surface area contributed by atoms with E-state index in [4.69, 9.17) is 0 Å². The van der Waals surface area contributed by atoms with Gasteiger partial charge in [-0.1, -0.05) is 61.7 Å². The van der Waals surface area contributed by atoms with Crippen LogP contribution in [0.25, 0.3) is 11.1 Å². The van der Waals surface area contributed by atoms with Gasteiger partial charge in [-0.3, -0.25) is 4.90 Å². The van der Waals surface area contributed by atoms with E-state index in [1.807, 2.05) is 42.5 Å². The molecule has 0 spiro atoms. The monoisotopic (exact) mass is 295 g/mol. The summed E-state index contributed by atoms with van der Waals surface area (Å²) < 4.78 is 0. The lowest BCUT2D eigenvalue weighted by Crippen LogP contribution is -2.40. The van der Waals surface area contributed by atoms with Gasteiger partial charge in [-0.15, -0.1) is 0 Å². The van der Waals surface area contributed by atoms with E-state index in [1.54, 1.807) is 4.90 Å². The van der Waals surface area contributed by atoms with Crippen molar-refractivity contribution in [2.24, 2.45) is 0 Å². The summed E-state index contributed by atoms with van der Waals surface area (Å²) in [5.41, 5.74) is 3.03. The molecular formula is C19H21NO2. The first kappa shape index (κ1) is 14.6. The lowest BCUT2D eigenvalue weighted by molar-refractivity contribution is 0.196. The summed E-state index contributed by atoms with van der Waals surface area (Å²) in [4.78, 5) is 13.2. The van der Waals surface area contributed by atoms with Crippen molar-refractivity contribution in [3.8, 4) is 11.1 Å². The van der Waals surface area contributed by atoms with Crippen molar-refractivity contribution in [2.75, 3.05) is 4.90 Å². The molecule has 0 radical (unpaired) electrons. The van der Waals surface area contributed by atoms with E-state index >= 15 is 0 Å². The van der Waals surface area contributed by atoms with Crippen LogP contribution >= 0.6 is 0 Å². The summed E-state index contributed by atoms with van der Waals surface area (Å²) in [5.74, 6) is 0. The van der Waals surface area contributed by atoms with Gasteiger partial charge < -0.3 is 5.11 Å². The van der Waals surface area contributed by atoms with Crippen molar-refractivity contribution in [1.29, 1.82) is 0 Å². The molecule has 0 unspecified atom stereocenters. The Labute approximate surface area is 131 Å². The Kier molecular flexibility index (Phi) is 4.42. The third kappa shape index (κ3) is 3.14. The summed E-state index contributed by atoms with van der Waals surface area (Å²) in [6.07, 6.45) is 4.54. The molecule has 1 N–H and O–H groups in total. The van der Waals surface area contributed by atoms with Crippen LogP contribution in [0.1, 0.15) is 32.1 Å². The number of anilines is 1. The highest BCUT2D eigenvalue weighted by Crippen LogP contribution is 2.29. The molecule has 3 nitrogen and oxygen atoms in total. The SMILES string of the molecule is O=C(O)N(c1ccc(-c2ccccc2)cc1)C1CCCCC1. The molecule has 2 aromatic rings. The van der Waals surface area contributed by atoms with Gasteiger partial charge in [-0.05, 0) is 36.1 Å². The molecule has 1 aliphatic rings. The van der Waals surface area contributed by atoms with Crippen LogP contribution < -0.4 is 4.90 Å². The highest BCUT2D eigenvalue weighted by atomic mass is 16.4. The largest absolute Gasteiger partial charge is 0.465 e. The van der Waals surface area contributed by atoms with Gasteiger partial charge in [0.25, 0.3) is 0 Å². The second-order valence-corrected chi connectivity index (χ2v) is 5.86. The molecule has 1 amide bonds. The Bertz CT molecular complexity index is 616. The smallest absolute Gasteiger partial charge is 0.412 e. The topological polar surface area (TPSA) is 40.5 Å². The van der Waals surface area contributed by atoms with Crippen molar-refractivity contribution >= 4 is 11.8 Å². The average molecular weight is 295 g/mol. The number of amides is 1. The van der Waals surface area contributed by atoms with Gasteiger partial charge in [0.1, 0.15) is 0 Å². The van der Waals surface area contributed by atoms with E-state index in [2.05, 4.69) is 12.1 Å². The first-order valence-corrected chi connectivity index (χ1v) is 7.93. The molecule has 0 atom stereocenters. The molecule has 1 fully saturated rings. The Balaban J connectivity index is 1.84. The first-order valence-electron chi connectivity index (χ1n) is 7.93. The van der Waals surface area contributed by atoms with E-state index in [-0.39, 0.29) is 6.04 Å². The van der Waals surface area contributed by atoms with E-state index in [9.17, 15) is 9.90 Å². The van der Waals surface area contributed by atoms with Gasteiger partial charge in [-0.25, -0.2) is 4.79 Å². The Morgan fingerprint density at radius 3 is 2.05 bits per heavy atom. The van der Waals surface area contributed by atoms with Gasteiger partial charge in [0.15, 0.2) is 0 Å². The maximum Gasteiger partial charge on any atom is 0.412 e. The molecule has 114 valence electrons. The maximum absolute atomic E-state index is 11.7. The Morgan fingerprint density at radius 2 is 1.45 bits per heavy atom. The summed E-state index contributed by atoms with van der Waals surface area (Å²) in [7, 11) is 0. The van der Waals surface area contributed by atoms with Gasteiger partial charge >= 0.3 is 6.09 Å². The average Bonchev–Trinajstić information content (AvgIpc) is 2.57.